The second-order valence-electron chi connectivity index (χ2n) is 3.16. The van der Waals surface area contributed by atoms with E-state index in [2.05, 4.69) is 13.2 Å². The SMILES string of the molecule is C=CC(=O)COCCCCCOC(=O)C=C. The van der Waals surface area contributed by atoms with Crippen LogP contribution in [0.3, 0.4) is 0 Å². The number of ketones is 1. The third-order valence-electron chi connectivity index (χ3n) is 1.82. The Bertz CT molecular complexity index is 219. The van der Waals surface area contributed by atoms with Crippen molar-refractivity contribution in [2.45, 2.75) is 19.3 Å². The molecule has 0 saturated heterocycles. The summed E-state index contributed by atoms with van der Waals surface area (Å²) in [6.07, 6.45) is 4.92. The van der Waals surface area contributed by atoms with Gasteiger partial charge < -0.3 is 9.47 Å². The highest BCUT2D eigenvalue weighted by Gasteiger charge is 1.97. The van der Waals surface area contributed by atoms with E-state index in [1.807, 2.05) is 0 Å². The molecule has 4 heteroatoms. The molecule has 0 atom stereocenters. The van der Waals surface area contributed by atoms with Crippen LogP contribution < -0.4 is 0 Å². The highest BCUT2D eigenvalue weighted by Crippen LogP contribution is 1.97. The van der Waals surface area contributed by atoms with Crippen LogP contribution in [0.4, 0.5) is 0 Å². The molecule has 4 nitrogen and oxygen atoms in total. The molecule has 0 aliphatic rings. The highest BCUT2D eigenvalue weighted by atomic mass is 16.5. The maximum Gasteiger partial charge on any atom is 0.330 e. The van der Waals surface area contributed by atoms with Gasteiger partial charge in [-0.2, -0.15) is 0 Å². The lowest BCUT2D eigenvalue weighted by Crippen LogP contribution is -2.06. The minimum Gasteiger partial charge on any atom is -0.463 e. The molecule has 16 heavy (non-hydrogen) atoms. The van der Waals surface area contributed by atoms with E-state index in [4.69, 9.17) is 9.47 Å². The van der Waals surface area contributed by atoms with Crippen molar-refractivity contribution in [3.8, 4) is 0 Å². The number of carbonyl (C=O) groups is 2. The Hall–Kier alpha value is -1.42. The molecule has 90 valence electrons. The number of hydrogen-bond donors (Lipinski definition) is 0. The lowest BCUT2D eigenvalue weighted by molar-refractivity contribution is -0.137. The monoisotopic (exact) mass is 226 g/mol. The zero-order chi connectivity index (χ0) is 12.2. The molecule has 0 aliphatic carbocycles. The van der Waals surface area contributed by atoms with Crippen LogP contribution in [0.1, 0.15) is 19.3 Å². The van der Waals surface area contributed by atoms with E-state index in [9.17, 15) is 9.59 Å². The van der Waals surface area contributed by atoms with E-state index >= 15 is 0 Å². The van der Waals surface area contributed by atoms with E-state index in [1.54, 1.807) is 0 Å². The summed E-state index contributed by atoms with van der Waals surface area (Å²) in [5.41, 5.74) is 0. The van der Waals surface area contributed by atoms with E-state index in [-0.39, 0.29) is 12.4 Å². The van der Waals surface area contributed by atoms with Gasteiger partial charge in [0.1, 0.15) is 6.61 Å². The Morgan fingerprint density at radius 3 is 2.31 bits per heavy atom. The molecule has 0 aromatic rings. The first-order valence-electron chi connectivity index (χ1n) is 5.23. The summed E-state index contributed by atoms with van der Waals surface area (Å²) in [6, 6.07) is 0. The summed E-state index contributed by atoms with van der Waals surface area (Å²) in [5, 5.41) is 0. The predicted molar refractivity (Wildman–Crippen MR) is 61.0 cm³/mol. The average molecular weight is 226 g/mol. The predicted octanol–water partition coefficient (Wildman–Crippen LogP) is 1.66. The van der Waals surface area contributed by atoms with Crippen LogP contribution in [-0.2, 0) is 19.1 Å². The number of ether oxygens (including phenoxy) is 2. The van der Waals surface area contributed by atoms with Crippen molar-refractivity contribution < 1.29 is 19.1 Å². The zero-order valence-electron chi connectivity index (χ0n) is 9.44. The number of esters is 1. The highest BCUT2D eigenvalue weighted by molar-refractivity contribution is 5.90. The largest absolute Gasteiger partial charge is 0.463 e. The van der Waals surface area contributed by atoms with Gasteiger partial charge in [-0.15, -0.1) is 0 Å². The molecule has 0 rings (SSSR count). The number of unbranched alkanes of at least 4 members (excludes halogenated alkanes) is 2. The second kappa shape index (κ2) is 10.1. The summed E-state index contributed by atoms with van der Waals surface area (Å²) >= 11 is 0. The first kappa shape index (κ1) is 14.6. The Kier molecular flexibility index (Phi) is 9.21. The fourth-order valence-corrected chi connectivity index (χ4v) is 0.946. The molecular formula is C12H18O4. The molecule has 0 spiro atoms. The Morgan fingerprint density at radius 1 is 1.00 bits per heavy atom. The molecule has 0 heterocycles. The molecule has 0 aromatic carbocycles. The van der Waals surface area contributed by atoms with Gasteiger partial charge in [0.05, 0.1) is 6.61 Å². The molecular weight excluding hydrogens is 208 g/mol. The van der Waals surface area contributed by atoms with Gasteiger partial charge in [-0.05, 0) is 25.3 Å². The van der Waals surface area contributed by atoms with Gasteiger partial charge >= 0.3 is 5.97 Å². The fourth-order valence-electron chi connectivity index (χ4n) is 0.946. The van der Waals surface area contributed by atoms with Gasteiger partial charge in [0.25, 0.3) is 0 Å². The van der Waals surface area contributed by atoms with Crippen molar-refractivity contribution >= 4 is 11.8 Å². The fraction of sp³-hybridized carbons (Fsp3) is 0.500. The summed E-state index contributed by atoms with van der Waals surface area (Å²) in [4.78, 5) is 21.4. The smallest absolute Gasteiger partial charge is 0.330 e. The van der Waals surface area contributed by atoms with E-state index in [1.165, 1.54) is 6.08 Å². The number of rotatable bonds is 10. The number of hydrogen-bond acceptors (Lipinski definition) is 4. The Morgan fingerprint density at radius 2 is 1.69 bits per heavy atom. The number of carbonyl (C=O) groups excluding carboxylic acids is 2. The maximum atomic E-state index is 10.7. The summed E-state index contributed by atoms with van der Waals surface area (Å²) in [6.45, 7) is 7.66. The molecule has 0 bridgehead atoms. The normalized spacial score (nSPS) is 9.50. The maximum absolute atomic E-state index is 10.7. The lowest BCUT2D eigenvalue weighted by atomic mass is 10.2. The molecule has 0 saturated carbocycles. The standard InChI is InChI=1S/C12H18O4/c1-3-11(13)10-15-8-6-5-7-9-16-12(14)4-2/h3-4H,1-2,5-10H2. The third kappa shape index (κ3) is 9.15. The van der Waals surface area contributed by atoms with Crippen molar-refractivity contribution in [1.29, 1.82) is 0 Å². The van der Waals surface area contributed by atoms with Crippen LogP contribution in [0.2, 0.25) is 0 Å². The van der Waals surface area contributed by atoms with Gasteiger partial charge in [-0.25, -0.2) is 4.79 Å². The molecule has 0 amide bonds. The van der Waals surface area contributed by atoms with Crippen molar-refractivity contribution in [2.75, 3.05) is 19.8 Å². The van der Waals surface area contributed by atoms with Crippen molar-refractivity contribution in [1.82, 2.24) is 0 Å². The Labute approximate surface area is 95.9 Å². The molecule has 0 unspecified atom stereocenters. The lowest BCUT2D eigenvalue weighted by Gasteiger charge is -2.03. The van der Waals surface area contributed by atoms with Gasteiger partial charge in [-0.3, -0.25) is 4.79 Å². The first-order valence-corrected chi connectivity index (χ1v) is 5.23. The van der Waals surface area contributed by atoms with Crippen LogP contribution in [-0.4, -0.2) is 31.6 Å². The van der Waals surface area contributed by atoms with Crippen molar-refractivity contribution in [3.05, 3.63) is 25.3 Å². The molecule has 0 aliphatic heterocycles. The van der Waals surface area contributed by atoms with Crippen LogP contribution in [0.15, 0.2) is 25.3 Å². The van der Waals surface area contributed by atoms with E-state index in [0.29, 0.717) is 13.2 Å². The van der Waals surface area contributed by atoms with Gasteiger partial charge in [0, 0.05) is 12.7 Å². The van der Waals surface area contributed by atoms with Crippen LogP contribution in [0.25, 0.3) is 0 Å². The van der Waals surface area contributed by atoms with E-state index < -0.39 is 5.97 Å². The zero-order valence-corrected chi connectivity index (χ0v) is 9.44. The van der Waals surface area contributed by atoms with Gasteiger partial charge in [0.15, 0.2) is 5.78 Å². The third-order valence-corrected chi connectivity index (χ3v) is 1.82. The second-order valence-corrected chi connectivity index (χ2v) is 3.16. The molecule has 0 N–H and O–H groups in total. The quantitative estimate of drug-likeness (QED) is 0.323. The summed E-state index contributed by atoms with van der Waals surface area (Å²) in [7, 11) is 0. The molecule has 0 fully saturated rings. The Balaban J connectivity index is 3.15. The van der Waals surface area contributed by atoms with Gasteiger partial charge in [0.2, 0.25) is 0 Å². The van der Waals surface area contributed by atoms with Gasteiger partial charge in [-0.1, -0.05) is 13.2 Å². The minimum absolute atomic E-state index is 0.0922. The van der Waals surface area contributed by atoms with Crippen LogP contribution in [0, 0.1) is 0 Å². The minimum atomic E-state index is -0.396. The van der Waals surface area contributed by atoms with Crippen LogP contribution in [0.5, 0.6) is 0 Å². The molecule has 0 radical (unpaired) electrons. The van der Waals surface area contributed by atoms with E-state index in [0.717, 1.165) is 25.3 Å². The van der Waals surface area contributed by atoms with Crippen molar-refractivity contribution in [3.63, 3.8) is 0 Å². The van der Waals surface area contributed by atoms with Crippen molar-refractivity contribution in [2.24, 2.45) is 0 Å². The summed E-state index contributed by atoms with van der Waals surface area (Å²) in [5.74, 6) is -0.507. The molecule has 0 aromatic heterocycles. The average Bonchev–Trinajstić information content (AvgIpc) is 2.31. The first-order chi connectivity index (χ1) is 7.70. The topological polar surface area (TPSA) is 52.6 Å². The summed E-state index contributed by atoms with van der Waals surface area (Å²) < 4.78 is 9.88. The van der Waals surface area contributed by atoms with Crippen LogP contribution >= 0.6 is 0 Å².